The molecular formula is C11H10INO2. The first-order valence-electron chi connectivity index (χ1n) is 4.44. The van der Waals surface area contributed by atoms with Gasteiger partial charge in [0.15, 0.2) is 0 Å². The molecule has 0 radical (unpaired) electrons. The zero-order valence-corrected chi connectivity index (χ0v) is 10.6. The number of methoxy groups -OCH3 is 2. The number of benzene rings is 1. The van der Waals surface area contributed by atoms with E-state index in [2.05, 4.69) is 27.6 Å². The van der Waals surface area contributed by atoms with Crippen LogP contribution in [0.1, 0.15) is 0 Å². The van der Waals surface area contributed by atoms with Crippen molar-refractivity contribution in [2.24, 2.45) is 0 Å². The van der Waals surface area contributed by atoms with E-state index < -0.39 is 0 Å². The zero-order chi connectivity index (χ0) is 10.8. The van der Waals surface area contributed by atoms with Crippen molar-refractivity contribution in [3.05, 3.63) is 27.8 Å². The molecule has 78 valence electrons. The van der Waals surface area contributed by atoms with Crippen molar-refractivity contribution in [3.63, 3.8) is 0 Å². The summed E-state index contributed by atoms with van der Waals surface area (Å²) in [6, 6.07) is 7.84. The minimum absolute atomic E-state index is 0.603. The Morgan fingerprint density at radius 2 is 1.87 bits per heavy atom. The second-order valence-electron chi connectivity index (χ2n) is 2.99. The van der Waals surface area contributed by atoms with Crippen LogP contribution in [0.25, 0.3) is 10.9 Å². The molecule has 0 saturated carbocycles. The van der Waals surface area contributed by atoms with E-state index in [1.165, 1.54) is 0 Å². The number of halogens is 1. The monoisotopic (exact) mass is 315 g/mol. The van der Waals surface area contributed by atoms with Crippen LogP contribution in [-0.4, -0.2) is 19.2 Å². The predicted molar refractivity (Wildman–Crippen MR) is 67.6 cm³/mol. The smallest absolute Gasteiger partial charge is 0.231 e. The number of nitrogens with zero attached hydrogens (tertiary/aromatic N) is 1. The third-order valence-electron chi connectivity index (χ3n) is 2.16. The summed E-state index contributed by atoms with van der Waals surface area (Å²) in [4.78, 5) is 4.39. The standard InChI is InChI=1S/C11H10INO2/c1-14-10-7-5-3-4-6-8(7)13-11(15-2)9(10)12/h3-6H,1-2H3. The van der Waals surface area contributed by atoms with Crippen LogP contribution in [-0.2, 0) is 0 Å². The summed E-state index contributed by atoms with van der Waals surface area (Å²) in [5.41, 5.74) is 0.881. The third kappa shape index (κ3) is 1.73. The average molecular weight is 315 g/mol. The molecule has 4 heteroatoms. The van der Waals surface area contributed by atoms with Crippen LogP contribution < -0.4 is 9.47 Å². The maximum atomic E-state index is 5.37. The van der Waals surface area contributed by atoms with Crippen molar-refractivity contribution in [2.75, 3.05) is 14.2 Å². The van der Waals surface area contributed by atoms with Crippen LogP contribution in [0.5, 0.6) is 11.6 Å². The van der Waals surface area contributed by atoms with Crippen LogP contribution in [0.3, 0.4) is 0 Å². The van der Waals surface area contributed by atoms with E-state index in [-0.39, 0.29) is 0 Å². The van der Waals surface area contributed by atoms with E-state index in [1.54, 1.807) is 14.2 Å². The Bertz CT molecular complexity index is 499. The third-order valence-corrected chi connectivity index (χ3v) is 3.11. The van der Waals surface area contributed by atoms with E-state index in [9.17, 15) is 0 Å². The largest absolute Gasteiger partial charge is 0.495 e. The molecule has 0 amide bonds. The average Bonchev–Trinajstić information content (AvgIpc) is 2.28. The first-order chi connectivity index (χ1) is 7.27. The maximum absolute atomic E-state index is 5.37. The molecule has 1 heterocycles. The van der Waals surface area contributed by atoms with Gasteiger partial charge in [-0.05, 0) is 34.7 Å². The number of para-hydroxylation sites is 1. The maximum Gasteiger partial charge on any atom is 0.231 e. The first kappa shape index (κ1) is 10.5. The van der Waals surface area contributed by atoms with E-state index in [1.807, 2.05) is 24.3 Å². The Morgan fingerprint density at radius 3 is 2.53 bits per heavy atom. The van der Waals surface area contributed by atoms with Crippen molar-refractivity contribution in [1.29, 1.82) is 0 Å². The summed E-state index contributed by atoms with van der Waals surface area (Å²) in [6.45, 7) is 0. The number of aromatic nitrogens is 1. The summed E-state index contributed by atoms with van der Waals surface area (Å²) in [7, 11) is 3.27. The number of ether oxygens (including phenoxy) is 2. The summed E-state index contributed by atoms with van der Waals surface area (Å²) in [5.74, 6) is 1.42. The fraction of sp³-hybridized carbons (Fsp3) is 0.182. The quantitative estimate of drug-likeness (QED) is 0.799. The molecule has 15 heavy (non-hydrogen) atoms. The van der Waals surface area contributed by atoms with Crippen LogP contribution in [0.4, 0.5) is 0 Å². The topological polar surface area (TPSA) is 31.4 Å². The summed E-state index contributed by atoms with van der Waals surface area (Å²) < 4.78 is 11.5. The molecule has 0 fully saturated rings. The van der Waals surface area contributed by atoms with E-state index in [0.717, 1.165) is 20.2 Å². The van der Waals surface area contributed by atoms with Gasteiger partial charge in [-0.25, -0.2) is 4.98 Å². The molecule has 0 saturated heterocycles. The normalized spacial score (nSPS) is 10.3. The Kier molecular flexibility index (Phi) is 2.95. The van der Waals surface area contributed by atoms with Crippen molar-refractivity contribution in [1.82, 2.24) is 4.98 Å². The van der Waals surface area contributed by atoms with Crippen molar-refractivity contribution in [2.45, 2.75) is 0 Å². The molecular weight excluding hydrogens is 305 g/mol. The minimum atomic E-state index is 0.603. The number of fused-ring (bicyclic) bond motifs is 1. The lowest BCUT2D eigenvalue weighted by Crippen LogP contribution is -1.96. The number of rotatable bonds is 2. The van der Waals surface area contributed by atoms with Gasteiger partial charge in [-0.15, -0.1) is 0 Å². The fourth-order valence-electron chi connectivity index (χ4n) is 1.47. The van der Waals surface area contributed by atoms with Gasteiger partial charge < -0.3 is 9.47 Å². The number of hydrogen-bond donors (Lipinski definition) is 0. The number of hydrogen-bond acceptors (Lipinski definition) is 3. The van der Waals surface area contributed by atoms with Gasteiger partial charge in [-0.3, -0.25) is 0 Å². The molecule has 0 unspecified atom stereocenters. The van der Waals surface area contributed by atoms with Gasteiger partial charge in [0.2, 0.25) is 5.88 Å². The molecule has 0 spiro atoms. The van der Waals surface area contributed by atoms with Crippen LogP contribution >= 0.6 is 22.6 Å². The number of pyridine rings is 1. The second kappa shape index (κ2) is 4.22. The van der Waals surface area contributed by atoms with E-state index in [0.29, 0.717) is 5.88 Å². The second-order valence-corrected chi connectivity index (χ2v) is 4.06. The lowest BCUT2D eigenvalue weighted by Gasteiger charge is -2.10. The van der Waals surface area contributed by atoms with Crippen molar-refractivity contribution < 1.29 is 9.47 Å². The lowest BCUT2D eigenvalue weighted by molar-refractivity contribution is 0.381. The molecule has 2 rings (SSSR count). The Hall–Kier alpha value is -1.04. The van der Waals surface area contributed by atoms with Crippen LogP contribution in [0.15, 0.2) is 24.3 Å². The van der Waals surface area contributed by atoms with Gasteiger partial charge >= 0.3 is 0 Å². The molecule has 0 aliphatic rings. The molecule has 3 nitrogen and oxygen atoms in total. The molecule has 0 atom stereocenters. The van der Waals surface area contributed by atoms with Crippen molar-refractivity contribution in [3.8, 4) is 11.6 Å². The summed E-state index contributed by atoms with van der Waals surface area (Å²) in [5, 5.41) is 1.00. The SMILES string of the molecule is COc1nc2ccccc2c(OC)c1I. The molecule has 1 aromatic heterocycles. The Balaban J connectivity index is 2.83. The van der Waals surface area contributed by atoms with E-state index >= 15 is 0 Å². The predicted octanol–water partition coefficient (Wildman–Crippen LogP) is 2.86. The fourth-order valence-corrected chi connectivity index (χ4v) is 2.32. The Labute approximate surface area is 102 Å². The summed E-state index contributed by atoms with van der Waals surface area (Å²) in [6.07, 6.45) is 0. The zero-order valence-electron chi connectivity index (χ0n) is 8.45. The minimum Gasteiger partial charge on any atom is -0.495 e. The molecule has 0 aliphatic heterocycles. The molecule has 2 aromatic rings. The van der Waals surface area contributed by atoms with Crippen LogP contribution in [0, 0.1) is 3.57 Å². The molecule has 0 N–H and O–H groups in total. The highest BCUT2D eigenvalue weighted by Crippen LogP contribution is 2.34. The highest BCUT2D eigenvalue weighted by atomic mass is 127. The van der Waals surface area contributed by atoms with Crippen LogP contribution in [0.2, 0.25) is 0 Å². The van der Waals surface area contributed by atoms with Gasteiger partial charge in [0.25, 0.3) is 0 Å². The Morgan fingerprint density at radius 1 is 1.13 bits per heavy atom. The molecule has 0 bridgehead atoms. The molecule has 1 aromatic carbocycles. The lowest BCUT2D eigenvalue weighted by atomic mass is 10.2. The first-order valence-corrected chi connectivity index (χ1v) is 5.52. The summed E-state index contributed by atoms with van der Waals surface area (Å²) >= 11 is 2.18. The van der Waals surface area contributed by atoms with Gasteiger partial charge in [0, 0.05) is 5.39 Å². The van der Waals surface area contributed by atoms with Gasteiger partial charge in [0.1, 0.15) is 9.32 Å². The molecule has 0 aliphatic carbocycles. The highest BCUT2D eigenvalue weighted by molar-refractivity contribution is 14.1. The van der Waals surface area contributed by atoms with Crippen molar-refractivity contribution >= 4 is 33.5 Å². The van der Waals surface area contributed by atoms with Gasteiger partial charge in [-0.2, -0.15) is 0 Å². The van der Waals surface area contributed by atoms with Gasteiger partial charge in [0.05, 0.1) is 19.7 Å². The van der Waals surface area contributed by atoms with Gasteiger partial charge in [-0.1, -0.05) is 12.1 Å². The highest BCUT2D eigenvalue weighted by Gasteiger charge is 2.13. The van der Waals surface area contributed by atoms with E-state index in [4.69, 9.17) is 9.47 Å².